The van der Waals surface area contributed by atoms with Crippen LogP contribution in [0.3, 0.4) is 0 Å². The van der Waals surface area contributed by atoms with Crippen LogP contribution in [0, 0.1) is 11.8 Å². The normalized spacial score (nSPS) is 37.1. The van der Waals surface area contributed by atoms with Crippen molar-refractivity contribution in [3.05, 3.63) is 12.2 Å². The van der Waals surface area contributed by atoms with E-state index in [0.717, 1.165) is 0 Å². The molecule has 0 spiro atoms. The molecule has 2 heterocycles. The fourth-order valence-corrected chi connectivity index (χ4v) is 2.40. The lowest BCUT2D eigenvalue weighted by molar-refractivity contribution is -0.141. The molecule has 1 fully saturated rings. The van der Waals surface area contributed by atoms with Crippen LogP contribution >= 0.6 is 0 Å². The first-order valence-corrected chi connectivity index (χ1v) is 4.85. The average Bonchev–Trinajstić information content (AvgIpc) is 2.67. The van der Waals surface area contributed by atoms with E-state index in [2.05, 4.69) is 0 Å². The Labute approximate surface area is 86.3 Å². The third-order valence-corrected chi connectivity index (χ3v) is 3.02. The first-order chi connectivity index (χ1) is 7.08. The number of carboxylic acid groups (broad SMARTS) is 2. The van der Waals surface area contributed by atoms with Crippen LogP contribution < -0.4 is 0 Å². The van der Waals surface area contributed by atoms with E-state index in [0.29, 0.717) is 0 Å². The van der Waals surface area contributed by atoms with Gasteiger partial charge in [0.2, 0.25) is 0 Å². The lowest BCUT2D eigenvalue weighted by Gasteiger charge is -2.21. The summed E-state index contributed by atoms with van der Waals surface area (Å²) in [7, 11) is 0. The third-order valence-electron chi connectivity index (χ3n) is 3.02. The summed E-state index contributed by atoms with van der Waals surface area (Å²) >= 11 is 0. The average molecular weight is 212 g/mol. The molecule has 2 aliphatic rings. The van der Waals surface area contributed by atoms with E-state index in [9.17, 15) is 9.59 Å². The molecule has 82 valence electrons. The van der Waals surface area contributed by atoms with Gasteiger partial charge in [0, 0.05) is 11.8 Å². The van der Waals surface area contributed by atoms with Crippen LogP contribution in [-0.4, -0.2) is 34.4 Å². The molecule has 15 heavy (non-hydrogen) atoms. The molecular formula is C10H12O5. The van der Waals surface area contributed by atoms with Crippen LogP contribution in [0.2, 0.25) is 0 Å². The van der Waals surface area contributed by atoms with Gasteiger partial charge in [-0.25, -0.2) is 0 Å². The third kappa shape index (κ3) is 1.87. The van der Waals surface area contributed by atoms with Crippen molar-refractivity contribution in [1.29, 1.82) is 0 Å². The van der Waals surface area contributed by atoms with Crippen molar-refractivity contribution in [2.45, 2.75) is 25.0 Å². The predicted molar refractivity (Wildman–Crippen MR) is 49.3 cm³/mol. The van der Waals surface area contributed by atoms with Crippen molar-refractivity contribution >= 4 is 11.9 Å². The quantitative estimate of drug-likeness (QED) is 0.663. The number of carbonyl (C=O) groups is 2. The van der Waals surface area contributed by atoms with Crippen LogP contribution in [0.4, 0.5) is 0 Å². The van der Waals surface area contributed by atoms with Gasteiger partial charge in [-0.2, -0.15) is 0 Å². The molecule has 0 radical (unpaired) electrons. The highest BCUT2D eigenvalue weighted by atomic mass is 16.5. The number of fused-ring (bicyclic) bond motifs is 2. The molecule has 0 unspecified atom stereocenters. The van der Waals surface area contributed by atoms with Crippen LogP contribution in [0.5, 0.6) is 0 Å². The van der Waals surface area contributed by atoms with E-state index >= 15 is 0 Å². The van der Waals surface area contributed by atoms with Crippen molar-refractivity contribution in [2.24, 2.45) is 11.8 Å². The SMILES string of the molecule is O=C(O)C[C@@H]1[C@H](CC(=O)O)[C@H]2C=C[C@@H]1O2. The molecule has 0 saturated carbocycles. The van der Waals surface area contributed by atoms with E-state index in [1.165, 1.54) is 0 Å². The van der Waals surface area contributed by atoms with E-state index < -0.39 is 11.9 Å². The summed E-state index contributed by atoms with van der Waals surface area (Å²) in [6.07, 6.45) is 3.19. The minimum Gasteiger partial charge on any atom is -0.481 e. The molecule has 1 saturated heterocycles. The monoisotopic (exact) mass is 212 g/mol. The van der Waals surface area contributed by atoms with Gasteiger partial charge in [-0.15, -0.1) is 0 Å². The van der Waals surface area contributed by atoms with Crippen molar-refractivity contribution < 1.29 is 24.5 Å². The van der Waals surface area contributed by atoms with Gasteiger partial charge in [-0.05, 0) is 0 Å². The van der Waals surface area contributed by atoms with Crippen molar-refractivity contribution in [2.75, 3.05) is 0 Å². The van der Waals surface area contributed by atoms with Gasteiger partial charge in [0.1, 0.15) is 0 Å². The number of aliphatic carboxylic acids is 2. The van der Waals surface area contributed by atoms with Gasteiger partial charge in [-0.1, -0.05) is 12.2 Å². The Bertz CT molecular complexity index is 292. The summed E-state index contributed by atoms with van der Waals surface area (Å²) in [6.45, 7) is 0. The lowest BCUT2D eigenvalue weighted by Crippen LogP contribution is -2.28. The van der Waals surface area contributed by atoms with Gasteiger partial charge < -0.3 is 14.9 Å². The van der Waals surface area contributed by atoms with Crippen molar-refractivity contribution in [3.63, 3.8) is 0 Å². The van der Waals surface area contributed by atoms with Crippen molar-refractivity contribution in [3.8, 4) is 0 Å². The molecule has 0 aromatic heterocycles. The largest absolute Gasteiger partial charge is 0.481 e. The highest BCUT2D eigenvalue weighted by molar-refractivity contribution is 5.69. The standard InChI is InChI=1S/C10H12O5/c11-9(12)3-5-6(4-10(13)14)8-2-1-7(5)15-8/h1-2,5-8H,3-4H2,(H,11,12)(H,13,14)/t5-,6+,7+,8-. The number of carboxylic acids is 2. The molecule has 5 nitrogen and oxygen atoms in total. The second-order valence-corrected chi connectivity index (χ2v) is 3.97. The Morgan fingerprint density at radius 2 is 1.40 bits per heavy atom. The molecule has 0 aromatic rings. The van der Waals surface area contributed by atoms with Crippen LogP contribution in [0.15, 0.2) is 12.2 Å². The molecule has 2 aliphatic heterocycles. The highest BCUT2D eigenvalue weighted by Crippen LogP contribution is 2.42. The summed E-state index contributed by atoms with van der Waals surface area (Å²) < 4.78 is 5.46. The Morgan fingerprint density at radius 1 is 1.00 bits per heavy atom. The summed E-state index contributed by atoms with van der Waals surface area (Å²) in [5, 5.41) is 17.5. The first kappa shape index (κ1) is 10.2. The second kappa shape index (κ2) is 3.66. The number of rotatable bonds is 4. The maximum absolute atomic E-state index is 10.6. The van der Waals surface area contributed by atoms with Crippen LogP contribution in [0.1, 0.15) is 12.8 Å². The maximum atomic E-state index is 10.6. The second-order valence-electron chi connectivity index (χ2n) is 3.97. The van der Waals surface area contributed by atoms with Gasteiger partial charge in [-0.3, -0.25) is 9.59 Å². The van der Waals surface area contributed by atoms with Gasteiger partial charge in [0.25, 0.3) is 0 Å². The van der Waals surface area contributed by atoms with Gasteiger partial charge >= 0.3 is 11.9 Å². The maximum Gasteiger partial charge on any atom is 0.303 e. The van der Waals surface area contributed by atoms with Crippen molar-refractivity contribution in [1.82, 2.24) is 0 Å². The van der Waals surface area contributed by atoms with E-state index in [-0.39, 0.29) is 36.9 Å². The molecule has 2 bridgehead atoms. The Balaban J connectivity index is 2.09. The van der Waals surface area contributed by atoms with Crippen LogP contribution in [0.25, 0.3) is 0 Å². The zero-order chi connectivity index (χ0) is 11.0. The molecule has 2 N–H and O–H groups in total. The van der Waals surface area contributed by atoms with Gasteiger partial charge in [0.15, 0.2) is 0 Å². The fraction of sp³-hybridized carbons (Fsp3) is 0.600. The molecule has 2 rings (SSSR count). The Kier molecular flexibility index (Phi) is 2.48. The topological polar surface area (TPSA) is 83.8 Å². The smallest absolute Gasteiger partial charge is 0.303 e. The van der Waals surface area contributed by atoms with E-state index in [1.807, 2.05) is 12.2 Å². The predicted octanol–water partition coefficient (Wildman–Crippen LogP) is 0.505. The molecular weight excluding hydrogens is 200 g/mol. The summed E-state index contributed by atoms with van der Waals surface area (Å²) in [6, 6.07) is 0. The minimum absolute atomic E-state index is 0.0244. The molecule has 0 aromatic carbocycles. The van der Waals surface area contributed by atoms with E-state index in [1.54, 1.807) is 0 Å². The zero-order valence-corrected chi connectivity index (χ0v) is 8.00. The summed E-state index contributed by atoms with van der Waals surface area (Å²) in [4.78, 5) is 21.3. The first-order valence-electron chi connectivity index (χ1n) is 4.85. The fourth-order valence-electron chi connectivity index (χ4n) is 2.40. The number of ether oxygens (including phenoxy) is 1. The lowest BCUT2D eigenvalue weighted by atomic mass is 9.79. The number of hydrogen-bond donors (Lipinski definition) is 2. The Morgan fingerprint density at radius 3 is 1.73 bits per heavy atom. The molecule has 0 amide bonds. The number of hydrogen-bond acceptors (Lipinski definition) is 3. The van der Waals surface area contributed by atoms with Crippen LogP contribution in [-0.2, 0) is 14.3 Å². The summed E-state index contributed by atoms with van der Waals surface area (Å²) in [5.74, 6) is -2.21. The Hall–Kier alpha value is -1.36. The minimum atomic E-state index is -0.903. The molecule has 5 heteroatoms. The molecule has 0 aliphatic carbocycles. The molecule has 4 atom stereocenters. The zero-order valence-electron chi connectivity index (χ0n) is 8.00. The van der Waals surface area contributed by atoms with E-state index in [4.69, 9.17) is 14.9 Å². The van der Waals surface area contributed by atoms with Gasteiger partial charge in [0.05, 0.1) is 25.0 Å². The highest BCUT2D eigenvalue weighted by Gasteiger charge is 2.47. The summed E-state index contributed by atoms with van der Waals surface area (Å²) in [5.41, 5.74) is 0.